The van der Waals surface area contributed by atoms with Crippen LogP contribution >= 0.6 is 27.5 Å². The van der Waals surface area contributed by atoms with Crippen LogP contribution < -0.4 is 5.32 Å². The molecule has 1 aromatic carbocycles. The minimum Gasteiger partial charge on any atom is -0.313 e. The zero-order chi connectivity index (χ0) is 14.5. The van der Waals surface area contributed by atoms with E-state index in [9.17, 15) is 0 Å². The van der Waals surface area contributed by atoms with Gasteiger partial charge in [0.25, 0.3) is 0 Å². The first-order valence-electron chi connectivity index (χ1n) is 6.72. The number of aromatic nitrogens is 2. The standard InChI is InChI=1S/C15H19BrClN3/c1-11-8-12(2)20(19-11)7-3-6-18-10-13-4-5-14(16)9-15(13)17/h4-5,8-9,18H,3,6-7,10H2,1-2H3. The predicted octanol–water partition coefficient (Wildman–Crippen LogP) is 4.10. The maximum absolute atomic E-state index is 6.18. The Kier molecular flexibility index (Phi) is 5.64. The summed E-state index contributed by atoms with van der Waals surface area (Å²) in [6.45, 7) is 6.81. The van der Waals surface area contributed by atoms with Crippen molar-refractivity contribution >= 4 is 27.5 Å². The first kappa shape index (κ1) is 15.5. The van der Waals surface area contributed by atoms with E-state index in [-0.39, 0.29) is 0 Å². The molecule has 0 aliphatic rings. The molecule has 0 unspecified atom stereocenters. The summed E-state index contributed by atoms with van der Waals surface area (Å²) in [7, 11) is 0. The maximum Gasteiger partial charge on any atom is 0.0596 e. The van der Waals surface area contributed by atoms with Crippen LogP contribution in [0, 0.1) is 13.8 Å². The van der Waals surface area contributed by atoms with Crippen LogP contribution in [0.1, 0.15) is 23.4 Å². The number of halogens is 2. The molecule has 20 heavy (non-hydrogen) atoms. The van der Waals surface area contributed by atoms with Crippen LogP contribution in [-0.2, 0) is 13.1 Å². The molecule has 3 nitrogen and oxygen atoms in total. The van der Waals surface area contributed by atoms with Crippen LogP contribution in [-0.4, -0.2) is 16.3 Å². The van der Waals surface area contributed by atoms with Gasteiger partial charge < -0.3 is 5.32 Å². The molecule has 0 aliphatic heterocycles. The first-order chi connectivity index (χ1) is 9.56. The molecular formula is C15H19BrClN3. The molecule has 0 amide bonds. The molecule has 0 spiro atoms. The average Bonchev–Trinajstić information content (AvgIpc) is 2.70. The number of benzene rings is 1. The molecule has 0 bridgehead atoms. The van der Waals surface area contributed by atoms with Crippen LogP contribution in [0.4, 0.5) is 0 Å². The van der Waals surface area contributed by atoms with Gasteiger partial charge in [-0.2, -0.15) is 5.10 Å². The molecule has 2 aromatic rings. The van der Waals surface area contributed by atoms with E-state index in [0.717, 1.165) is 46.8 Å². The number of rotatable bonds is 6. The Morgan fingerprint density at radius 1 is 1.30 bits per heavy atom. The lowest BCUT2D eigenvalue weighted by Crippen LogP contribution is -2.17. The van der Waals surface area contributed by atoms with Crippen LogP contribution in [0.3, 0.4) is 0 Å². The van der Waals surface area contributed by atoms with Gasteiger partial charge in [-0.05, 0) is 50.6 Å². The van der Waals surface area contributed by atoms with E-state index in [2.05, 4.69) is 44.0 Å². The van der Waals surface area contributed by atoms with Crippen molar-refractivity contribution in [1.29, 1.82) is 0 Å². The van der Waals surface area contributed by atoms with E-state index < -0.39 is 0 Å². The number of hydrogen-bond acceptors (Lipinski definition) is 2. The molecule has 1 aromatic heterocycles. The van der Waals surface area contributed by atoms with Gasteiger partial charge in [0.05, 0.1) is 5.69 Å². The quantitative estimate of drug-likeness (QED) is 0.790. The number of nitrogens with one attached hydrogen (secondary N) is 1. The molecule has 0 fully saturated rings. The topological polar surface area (TPSA) is 29.9 Å². The van der Waals surface area contributed by atoms with Gasteiger partial charge in [-0.25, -0.2) is 0 Å². The fourth-order valence-electron chi connectivity index (χ4n) is 2.14. The van der Waals surface area contributed by atoms with E-state index in [1.807, 2.05) is 25.1 Å². The van der Waals surface area contributed by atoms with Crippen molar-refractivity contribution in [2.75, 3.05) is 6.54 Å². The van der Waals surface area contributed by atoms with Crippen LogP contribution in [0.25, 0.3) is 0 Å². The molecule has 0 saturated carbocycles. The Balaban J connectivity index is 1.73. The number of hydrogen-bond donors (Lipinski definition) is 1. The van der Waals surface area contributed by atoms with E-state index in [1.54, 1.807) is 0 Å². The zero-order valence-corrected chi connectivity index (χ0v) is 14.1. The fraction of sp³-hybridized carbons (Fsp3) is 0.400. The van der Waals surface area contributed by atoms with Gasteiger partial charge in [-0.1, -0.05) is 33.6 Å². The summed E-state index contributed by atoms with van der Waals surface area (Å²) >= 11 is 9.59. The van der Waals surface area contributed by atoms with Crippen LogP contribution in [0.15, 0.2) is 28.7 Å². The Bertz CT molecular complexity index is 580. The van der Waals surface area contributed by atoms with Crippen molar-refractivity contribution in [2.24, 2.45) is 0 Å². The lowest BCUT2D eigenvalue weighted by atomic mass is 10.2. The van der Waals surface area contributed by atoms with Gasteiger partial charge in [0, 0.05) is 28.3 Å². The minimum atomic E-state index is 0.795. The largest absolute Gasteiger partial charge is 0.313 e. The molecule has 108 valence electrons. The second-order valence-electron chi connectivity index (χ2n) is 4.92. The summed E-state index contributed by atoms with van der Waals surface area (Å²) < 4.78 is 3.07. The number of aryl methyl sites for hydroxylation is 3. The van der Waals surface area contributed by atoms with Crippen molar-refractivity contribution in [3.05, 3.63) is 50.7 Å². The zero-order valence-electron chi connectivity index (χ0n) is 11.8. The van der Waals surface area contributed by atoms with Crippen molar-refractivity contribution in [1.82, 2.24) is 15.1 Å². The summed E-state index contributed by atoms with van der Waals surface area (Å²) in [4.78, 5) is 0. The van der Waals surface area contributed by atoms with Crippen molar-refractivity contribution in [2.45, 2.75) is 33.4 Å². The molecule has 0 aliphatic carbocycles. The van der Waals surface area contributed by atoms with E-state index >= 15 is 0 Å². The Labute approximate surface area is 133 Å². The second kappa shape index (κ2) is 7.25. The van der Waals surface area contributed by atoms with E-state index in [1.165, 1.54) is 5.69 Å². The Morgan fingerprint density at radius 2 is 2.10 bits per heavy atom. The Morgan fingerprint density at radius 3 is 2.75 bits per heavy atom. The summed E-state index contributed by atoms with van der Waals surface area (Å²) in [6, 6.07) is 8.09. The lowest BCUT2D eigenvalue weighted by molar-refractivity contribution is 0.532. The molecular weight excluding hydrogens is 338 g/mol. The third-order valence-electron chi connectivity index (χ3n) is 3.16. The highest BCUT2D eigenvalue weighted by Gasteiger charge is 2.02. The van der Waals surface area contributed by atoms with Gasteiger partial charge in [0.15, 0.2) is 0 Å². The molecule has 0 radical (unpaired) electrons. The van der Waals surface area contributed by atoms with Gasteiger partial charge in [-0.3, -0.25) is 4.68 Å². The molecule has 2 rings (SSSR count). The normalized spacial score (nSPS) is 11.0. The summed E-state index contributed by atoms with van der Waals surface area (Å²) in [5.41, 5.74) is 3.43. The second-order valence-corrected chi connectivity index (χ2v) is 6.24. The van der Waals surface area contributed by atoms with Crippen molar-refractivity contribution in [3.63, 3.8) is 0 Å². The number of nitrogens with zero attached hydrogens (tertiary/aromatic N) is 2. The average molecular weight is 357 g/mol. The van der Waals surface area contributed by atoms with Gasteiger partial charge in [-0.15, -0.1) is 0 Å². The van der Waals surface area contributed by atoms with Crippen molar-refractivity contribution < 1.29 is 0 Å². The predicted molar refractivity (Wildman–Crippen MR) is 87.2 cm³/mol. The van der Waals surface area contributed by atoms with Crippen molar-refractivity contribution in [3.8, 4) is 0 Å². The van der Waals surface area contributed by atoms with E-state index in [0.29, 0.717) is 0 Å². The smallest absolute Gasteiger partial charge is 0.0596 e. The summed E-state index contributed by atoms with van der Waals surface area (Å²) in [5.74, 6) is 0. The molecule has 0 saturated heterocycles. The monoisotopic (exact) mass is 355 g/mol. The molecule has 0 atom stereocenters. The highest BCUT2D eigenvalue weighted by atomic mass is 79.9. The minimum absolute atomic E-state index is 0.795. The first-order valence-corrected chi connectivity index (χ1v) is 7.89. The molecule has 1 N–H and O–H groups in total. The third kappa shape index (κ3) is 4.33. The third-order valence-corrected chi connectivity index (χ3v) is 4.00. The Hall–Kier alpha value is -0.840. The van der Waals surface area contributed by atoms with Gasteiger partial charge >= 0.3 is 0 Å². The summed E-state index contributed by atoms with van der Waals surface area (Å²) in [6.07, 6.45) is 1.05. The maximum atomic E-state index is 6.18. The highest BCUT2D eigenvalue weighted by Crippen LogP contribution is 2.21. The van der Waals surface area contributed by atoms with Gasteiger partial charge in [0.2, 0.25) is 0 Å². The van der Waals surface area contributed by atoms with Crippen LogP contribution in [0.5, 0.6) is 0 Å². The highest BCUT2D eigenvalue weighted by molar-refractivity contribution is 9.10. The SMILES string of the molecule is Cc1cc(C)n(CCCNCc2ccc(Br)cc2Cl)n1. The lowest BCUT2D eigenvalue weighted by Gasteiger charge is -2.08. The molecule has 1 heterocycles. The van der Waals surface area contributed by atoms with Gasteiger partial charge in [0.1, 0.15) is 0 Å². The summed E-state index contributed by atoms with van der Waals surface area (Å²) in [5, 5.41) is 8.67. The fourth-order valence-corrected chi connectivity index (χ4v) is 2.88. The van der Waals surface area contributed by atoms with Crippen LogP contribution in [0.2, 0.25) is 5.02 Å². The van der Waals surface area contributed by atoms with E-state index in [4.69, 9.17) is 11.6 Å². The molecule has 5 heteroatoms.